The average Bonchev–Trinajstić information content (AvgIpc) is 2.49. The first-order valence-corrected chi connectivity index (χ1v) is 7.01. The monoisotopic (exact) mass is 287 g/mol. The molecule has 1 aromatic carbocycles. The molecular weight excluding hydrogens is 270 g/mol. The minimum Gasteiger partial charge on any atom is -0.451 e. The van der Waals surface area contributed by atoms with Gasteiger partial charge in [0.15, 0.2) is 11.2 Å². The Kier molecular flexibility index (Phi) is 3.51. The van der Waals surface area contributed by atoms with Gasteiger partial charge < -0.3 is 14.1 Å². The molecule has 21 heavy (non-hydrogen) atoms. The maximum atomic E-state index is 12.6. The maximum absolute atomic E-state index is 12.6. The Morgan fingerprint density at radius 3 is 2.86 bits per heavy atom. The minimum absolute atomic E-state index is 0.0164. The number of hydrogen-bond donors (Lipinski definition) is 0. The predicted molar refractivity (Wildman–Crippen MR) is 78.4 cm³/mol. The lowest BCUT2D eigenvalue weighted by atomic mass is 10.1. The largest absolute Gasteiger partial charge is 0.451 e. The number of carbonyl (C=O) groups is 1. The molecule has 1 saturated heterocycles. The summed E-state index contributed by atoms with van der Waals surface area (Å²) < 4.78 is 11.1. The third-order valence-electron chi connectivity index (χ3n) is 3.71. The molecular formula is C16H17NO4. The second kappa shape index (κ2) is 5.33. The van der Waals surface area contributed by atoms with Gasteiger partial charge in [-0.2, -0.15) is 0 Å². The molecule has 1 amide bonds. The number of rotatable bonds is 1. The molecule has 1 aliphatic rings. The van der Waals surface area contributed by atoms with E-state index in [0.29, 0.717) is 24.1 Å². The van der Waals surface area contributed by atoms with Gasteiger partial charge in [-0.05, 0) is 26.0 Å². The molecule has 3 rings (SSSR count). The van der Waals surface area contributed by atoms with E-state index in [-0.39, 0.29) is 29.2 Å². The lowest BCUT2D eigenvalue weighted by molar-refractivity contribution is -0.0396. The van der Waals surface area contributed by atoms with Crippen LogP contribution in [0.4, 0.5) is 0 Å². The molecule has 0 N–H and O–H groups in total. The summed E-state index contributed by atoms with van der Waals surface area (Å²) in [6.45, 7) is 4.83. The normalized spacial score (nSPS) is 22.5. The highest BCUT2D eigenvalue weighted by Gasteiger charge is 2.29. The molecule has 2 heterocycles. The van der Waals surface area contributed by atoms with Crippen molar-refractivity contribution in [3.8, 4) is 0 Å². The summed E-state index contributed by atoms with van der Waals surface area (Å²) in [6, 6.07) is 8.17. The van der Waals surface area contributed by atoms with Gasteiger partial charge in [0.25, 0.3) is 5.91 Å². The number of ether oxygens (including phenoxy) is 1. The van der Waals surface area contributed by atoms with Crippen LogP contribution in [0.5, 0.6) is 0 Å². The van der Waals surface area contributed by atoms with Crippen molar-refractivity contribution in [3.63, 3.8) is 0 Å². The Hall–Kier alpha value is -2.14. The van der Waals surface area contributed by atoms with Crippen LogP contribution in [-0.4, -0.2) is 36.1 Å². The summed E-state index contributed by atoms with van der Waals surface area (Å²) in [5.41, 5.74) is 0.233. The SMILES string of the molecule is CC1CN(C(=O)c2cc(=O)c3ccccc3o2)C(C)CO1. The van der Waals surface area contributed by atoms with E-state index in [1.165, 1.54) is 6.07 Å². The summed E-state index contributed by atoms with van der Waals surface area (Å²) in [6.07, 6.45) is -0.0164. The molecule has 0 radical (unpaired) electrons. The van der Waals surface area contributed by atoms with Crippen molar-refractivity contribution < 1.29 is 13.9 Å². The van der Waals surface area contributed by atoms with Gasteiger partial charge in [-0.15, -0.1) is 0 Å². The first-order chi connectivity index (χ1) is 10.1. The van der Waals surface area contributed by atoms with Gasteiger partial charge in [0.1, 0.15) is 5.58 Å². The number of carbonyl (C=O) groups excluding carboxylic acids is 1. The lowest BCUT2D eigenvalue weighted by Crippen LogP contribution is -2.50. The number of hydrogen-bond acceptors (Lipinski definition) is 4. The van der Waals surface area contributed by atoms with Gasteiger partial charge >= 0.3 is 0 Å². The molecule has 0 bridgehead atoms. The van der Waals surface area contributed by atoms with E-state index < -0.39 is 0 Å². The summed E-state index contributed by atoms with van der Waals surface area (Å²) in [7, 11) is 0. The molecule has 2 aromatic rings. The Bertz CT molecular complexity index is 736. The van der Waals surface area contributed by atoms with E-state index in [1.807, 2.05) is 13.8 Å². The van der Waals surface area contributed by atoms with E-state index in [2.05, 4.69) is 0 Å². The standard InChI is InChI=1S/C16H17NO4/c1-10-9-20-11(2)8-17(10)16(19)15-7-13(18)12-5-3-4-6-14(12)21-15/h3-7,10-11H,8-9H2,1-2H3. The molecule has 2 unspecified atom stereocenters. The van der Waals surface area contributed by atoms with Crippen LogP contribution in [0.15, 0.2) is 39.5 Å². The molecule has 0 spiro atoms. The van der Waals surface area contributed by atoms with Gasteiger partial charge in [0.2, 0.25) is 0 Å². The van der Waals surface area contributed by atoms with E-state index in [1.54, 1.807) is 29.2 Å². The van der Waals surface area contributed by atoms with Crippen LogP contribution in [0.25, 0.3) is 11.0 Å². The molecule has 110 valence electrons. The smallest absolute Gasteiger partial charge is 0.290 e. The highest BCUT2D eigenvalue weighted by molar-refractivity contribution is 5.93. The topological polar surface area (TPSA) is 59.8 Å². The second-order valence-electron chi connectivity index (χ2n) is 5.42. The van der Waals surface area contributed by atoms with Gasteiger partial charge in [0, 0.05) is 12.6 Å². The Morgan fingerprint density at radius 1 is 1.29 bits per heavy atom. The molecule has 0 saturated carbocycles. The summed E-state index contributed by atoms with van der Waals surface area (Å²) in [4.78, 5) is 26.4. The van der Waals surface area contributed by atoms with Crippen molar-refractivity contribution in [1.82, 2.24) is 4.90 Å². The zero-order valence-electron chi connectivity index (χ0n) is 12.0. The molecule has 2 atom stereocenters. The van der Waals surface area contributed by atoms with Gasteiger partial charge in [0.05, 0.1) is 24.1 Å². The fourth-order valence-electron chi connectivity index (χ4n) is 2.54. The van der Waals surface area contributed by atoms with E-state index in [0.717, 1.165) is 0 Å². The van der Waals surface area contributed by atoms with Crippen LogP contribution in [0.1, 0.15) is 24.4 Å². The lowest BCUT2D eigenvalue weighted by Gasteiger charge is -2.36. The fraction of sp³-hybridized carbons (Fsp3) is 0.375. The molecule has 5 nitrogen and oxygen atoms in total. The van der Waals surface area contributed by atoms with Crippen LogP contribution in [0.2, 0.25) is 0 Å². The summed E-state index contributed by atoms with van der Waals surface area (Å²) in [5, 5.41) is 0.484. The number of benzene rings is 1. The molecule has 1 aromatic heterocycles. The molecule has 1 fully saturated rings. The zero-order valence-corrected chi connectivity index (χ0v) is 12.0. The van der Waals surface area contributed by atoms with E-state index >= 15 is 0 Å². The van der Waals surface area contributed by atoms with Gasteiger partial charge in [-0.25, -0.2) is 0 Å². The fourth-order valence-corrected chi connectivity index (χ4v) is 2.54. The summed E-state index contributed by atoms with van der Waals surface area (Å²) >= 11 is 0. The zero-order chi connectivity index (χ0) is 15.0. The highest BCUT2D eigenvalue weighted by Crippen LogP contribution is 2.17. The first kappa shape index (κ1) is 13.8. The Balaban J connectivity index is 1.99. The number of para-hydroxylation sites is 1. The predicted octanol–water partition coefficient (Wildman–Crippen LogP) is 2.04. The maximum Gasteiger partial charge on any atom is 0.290 e. The van der Waals surface area contributed by atoms with Crippen molar-refractivity contribution in [1.29, 1.82) is 0 Å². The first-order valence-electron chi connectivity index (χ1n) is 7.01. The third kappa shape index (κ3) is 2.56. The quantitative estimate of drug-likeness (QED) is 0.805. The van der Waals surface area contributed by atoms with Crippen molar-refractivity contribution in [2.24, 2.45) is 0 Å². The number of morpholine rings is 1. The molecule has 5 heteroatoms. The van der Waals surface area contributed by atoms with Gasteiger partial charge in [-0.3, -0.25) is 9.59 Å². The van der Waals surface area contributed by atoms with E-state index in [9.17, 15) is 9.59 Å². The number of amides is 1. The van der Waals surface area contributed by atoms with Crippen LogP contribution < -0.4 is 5.43 Å². The van der Waals surface area contributed by atoms with Crippen LogP contribution in [-0.2, 0) is 4.74 Å². The number of fused-ring (bicyclic) bond motifs is 1. The molecule has 0 aliphatic carbocycles. The highest BCUT2D eigenvalue weighted by atomic mass is 16.5. The average molecular weight is 287 g/mol. The van der Waals surface area contributed by atoms with Crippen molar-refractivity contribution in [2.75, 3.05) is 13.2 Å². The van der Waals surface area contributed by atoms with Crippen LogP contribution in [0.3, 0.4) is 0 Å². The van der Waals surface area contributed by atoms with Crippen molar-refractivity contribution in [2.45, 2.75) is 26.0 Å². The van der Waals surface area contributed by atoms with Gasteiger partial charge in [-0.1, -0.05) is 12.1 Å². The third-order valence-corrected chi connectivity index (χ3v) is 3.71. The van der Waals surface area contributed by atoms with Crippen LogP contribution in [0, 0.1) is 0 Å². The number of nitrogens with zero attached hydrogens (tertiary/aromatic N) is 1. The van der Waals surface area contributed by atoms with Crippen LogP contribution >= 0.6 is 0 Å². The Labute approximate surface area is 122 Å². The van der Waals surface area contributed by atoms with Crippen molar-refractivity contribution >= 4 is 16.9 Å². The van der Waals surface area contributed by atoms with Crippen molar-refractivity contribution in [3.05, 3.63) is 46.3 Å². The minimum atomic E-state index is -0.263. The summed E-state index contributed by atoms with van der Waals surface area (Å²) in [5.74, 6) is -0.180. The van der Waals surface area contributed by atoms with E-state index in [4.69, 9.17) is 9.15 Å². The Morgan fingerprint density at radius 2 is 2.05 bits per heavy atom. The second-order valence-corrected chi connectivity index (χ2v) is 5.42. The molecule has 1 aliphatic heterocycles.